The highest BCUT2D eigenvalue weighted by atomic mass is 32.1. The Labute approximate surface area is 154 Å². The third kappa shape index (κ3) is 3.51. The van der Waals surface area contributed by atoms with Crippen molar-refractivity contribution in [3.8, 4) is 0 Å². The van der Waals surface area contributed by atoms with Crippen LogP contribution in [0.3, 0.4) is 0 Å². The Balaban J connectivity index is 1.41. The second kappa shape index (κ2) is 6.97. The van der Waals surface area contributed by atoms with Gasteiger partial charge in [0.05, 0.1) is 17.7 Å². The Morgan fingerprint density at radius 2 is 2.00 bits per heavy atom. The zero-order chi connectivity index (χ0) is 18.0. The summed E-state index contributed by atoms with van der Waals surface area (Å²) in [5.41, 5.74) is 7.26. The van der Waals surface area contributed by atoms with Crippen molar-refractivity contribution in [2.24, 2.45) is 5.73 Å². The van der Waals surface area contributed by atoms with E-state index in [1.165, 1.54) is 11.3 Å². The van der Waals surface area contributed by atoms with Crippen LogP contribution in [0.15, 0.2) is 40.2 Å². The fourth-order valence-corrected chi connectivity index (χ4v) is 3.82. The first-order valence-corrected chi connectivity index (χ1v) is 9.43. The molecule has 2 aromatic heterocycles. The number of benzene rings is 1. The lowest BCUT2D eigenvalue weighted by molar-refractivity contribution is 0.102. The molecule has 26 heavy (non-hydrogen) atoms. The lowest BCUT2D eigenvalue weighted by Gasteiger charge is -2.17. The third-order valence-corrected chi connectivity index (χ3v) is 5.36. The van der Waals surface area contributed by atoms with E-state index in [-0.39, 0.29) is 5.91 Å². The molecular weight excluding hydrogens is 350 g/mol. The fourth-order valence-electron chi connectivity index (χ4n) is 3.12. The predicted molar refractivity (Wildman–Crippen MR) is 97.9 cm³/mol. The minimum Gasteiger partial charge on any atom is -0.339 e. The predicted octanol–water partition coefficient (Wildman–Crippen LogP) is 3.10. The van der Waals surface area contributed by atoms with Crippen LogP contribution < -0.4 is 11.1 Å². The Morgan fingerprint density at radius 3 is 2.77 bits per heavy atom. The van der Waals surface area contributed by atoms with Crippen LogP contribution in [0, 0.1) is 0 Å². The van der Waals surface area contributed by atoms with Crippen molar-refractivity contribution in [3.05, 3.63) is 58.7 Å². The maximum atomic E-state index is 12.2. The van der Waals surface area contributed by atoms with Gasteiger partial charge in [-0.15, -0.1) is 11.3 Å². The van der Waals surface area contributed by atoms with Gasteiger partial charge in [-0.3, -0.25) is 10.1 Å². The van der Waals surface area contributed by atoms with Crippen LogP contribution in [0.2, 0.25) is 0 Å². The molecule has 1 amide bonds. The Morgan fingerprint density at radius 1 is 1.23 bits per heavy atom. The molecule has 134 valence electrons. The van der Waals surface area contributed by atoms with E-state index in [4.69, 9.17) is 10.3 Å². The molecule has 1 saturated carbocycles. The molecule has 8 heteroatoms. The second-order valence-electron chi connectivity index (χ2n) is 6.52. The number of nitrogens with one attached hydrogen (secondary N) is 1. The number of nitrogens with two attached hydrogens (primary N) is 1. The summed E-state index contributed by atoms with van der Waals surface area (Å²) < 4.78 is 5.34. The number of aromatic nitrogens is 3. The number of hydrogen-bond acceptors (Lipinski definition) is 7. The first-order valence-electron chi connectivity index (χ1n) is 8.55. The summed E-state index contributed by atoms with van der Waals surface area (Å²) in [7, 11) is 0. The molecule has 1 aliphatic carbocycles. The zero-order valence-corrected chi connectivity index (χ0v) is 15.0. The molecule has 7 nitrogen and oxygen atoms in total. The maximum absolute atomic E-state index is 12.2. The van der Waals surface area contributed by atoms with E-state index in [0.29, 0.717) is 28.8 Å². The van der Waals surface area contributed by atoms with Crippen molar-refractivity contribution in [2.45, 2.75) is 37.6 Å². The normalized spacial score (nSPS) is 15.9. The Hall–Kier alpha value is -2.58. The molecule has 3 aromatic rings. The number of nitrogens with zero attached hydrogens (tertiary/aromatic N) is 3. The number of hydrogen-bond donors (Lipinski definition) is 2. The van der Waals surface area contributed by atoms with Gasteiger partial charge in [-0.2, -0.15) is 4.98 Å². The molecule has 1 aliphatic rings. The summed E-state index contributed by atoms with van der Waals surface area (Å²) >= 11 is 1.37. The molecule has 0 radical (unpaired) electrons. The average Bonchev–Trinajstić information content (AvgIpc) is 3.39. The molecule has 0 aliphatic heterocycles. The topological polar surface area (TPSA) is 107 Å². The molecular formula is C18H19N5O2S. The van der Waals surface area contributed by atoms with Gasteiger partial charge in [-0.1, -0.05) is 36.2 Å². The van der Waals surface area contributed by atoms with Crippen LogP contribution in [0.5, 0.6) is 0 Å². The van der Waals surface area contributed by atoms with Crippen LogP contribution in [-0.2, 0) is 12.0 Å². The number of carbonyl (C=O) groups excluding carboxylic acids is 1. The van der Waals surface area contributed by atoms with Crippen molar-refractivity contribution >= 4 is 22.4 Å². The lowest BCUT2D eigenvalue weighted by Crippen LogP contribution is -2.34. The summed E-state index contributed by atoms with van der Waals surface area (Å²) in [4.78, 5) is 21.0. The summed E-state index contributed by atoms with van der Waals surface area (Å²) in [5.74, 6) is 0.888. The van der Waals surface area contributed by atoms with Crippen LogP contribution >= 0.6 is 11.3 Å². The summed E-state index contributed by atoms with van der Waals surface area (Å²) in [6, 6.07) is 9.03. The van der Waals surface area contributed by atoms with Gasteiger partial charge in [0.15, 0.2) is 11.0 Å². The zero-order valence-electron chi connectivity index (χ0n) is 14.1. The Kier molecular flexibility index (Phi) is 4.52. The molecule has 1 fully saturated rings. The highest BCUT2D eigenvalue weighted by Gasteiger charge is 2.35. The molecule has 2 heterocycles. The quantitative estimate of drug-likeness (QED) is 0.716. The van der Waals surface area contributed by atoms with Gasteiger partial charge in [0, 0.05) is 10.9 Å². The molecule has 0 atom stereocenters. The maximum Gasteiger partial charge on any atom is 0.257 e. The number of amides is 1. The Bertz CT molecular complexity index is 899. The van der Waals surface area contributed by atoms with Crippen LogP contribution in [-0.4, -0.2) is 21.0 Å². The molecule has 0 bridgehead atoms. The lowest BCUT2D eigenvalue weighted by atomic mass is 9.99. The van der Waals surface area contributed by atoms with Gasteiger partial charge in [0.25, 0.3) is 5.91 Å². The van der Waals surface area contributed by atoms with Crippen molar-refractivity contribution in [2.75, 3.05) is 5.32 Å². The van der Waals surface area contributed by atoms with Gasteiger partial charge in [-0.05, 0) is 25.0 Å². The highest BCUT2D eigenvalue weighted by Crippen LogP contribution is 2.34. The number of rotatable bonds is 5. The van der Waals surface area contributed by atoms with E-state index in [0.717, 1.165) is 31.4 Å². The van der Waals surface area contributed by atoms with E-state index < -0.39 is 5.54 Å². The van der Waals surface area contributed by atoms with Crippen LogP contribution in [0.4, 0.5) is 5.13 Å². The van der Waals surface area contributed by atoms with Crippen molar-refractivity contribution in [1.29, 1.82) is 0 Å². The first kappa shape index (κ1) is 16.9. The SMILES string of the molecule is NC1(c2noc(Cc3csc(NC(=O)c4ccccc4)n3)n2)CCCC1. The minimum atomic E-state index is -0.460. The van der Waals surface area contributed by atoms with E-state index >= 15 is 0 Å². The number of carbonyl (C=O) groups is 1. The van der Waals surface area contributed by atoms with Gasteiger partial charge in [-0.25, -0.2) is 4.98 Å². The van der Waals surface area contributed by atoms with Crippen molar-refractivity contribution < 1.29 is 9.32 Å². The molecule has 4 rings (SSSR count). The van der Waals surface area contributed by atoms with Gasteiger partial charge in [0.1, 0.15) is 0 Å². The van der Waals surface area contributed by atoms with Crippen molar-refractivity contribution in [1.82, 2.24) is 15.1 Å². The van der Waals surface area contributed by atoms with E-state index in [1.54, 1.807) is 12.1 Å². The molecule has 3 N–H and O–H groups in total. The van der Waals surface area contributed by atoms with Crippen LogP contribution in [0.1, 0.15) is 53.5 Å². The first-order chi connectivity index (χ1) is 12.6. The van der Waals surface area contributed by atoms with Gasteiger partial charge in [0.2, 0.25) is 5.89 Å². The van der Waals surface area contributed by atoms with Gasteiger partial charge >= 0.3 is 0 Å². The van der Waals surface area contributed by atoms with E-state index in [9.17, 15) is 4.79 Å². The number of anilines is 1. The summed E-state index contributed by atoms with van der Waals surface area (Å²) in [6.07, 6.45) is 4.38. The van der Waals surface area contributed by atoms with Crippen molar-refractivity contribution in [3.63, 3.8) is 0 Å². The van der Waals surface area contributed by atoms with Crippen LogP contribution in [0.25, 0.3) is 0 Å². The second-order valence-corrected chi connectivity index (χ2v) is 7.37. The highest BCUT2D eigenvalue weighted by molar-refractivity contribution is 7.14. The summed E-state index contributed by atoms with van der Waals surface area (Å²) in [5, 5.41) is 9.27. The molecule has 0 unspecified atom stereocenters. The minimum absolute atomic E-state index is 0.183. The average molecular weight is 369 g/mol. The summed E-state index contributed by atoms with van der Waals surface area (Å²) in [6.45, 7) is 0. The van der Waals surface area contributed by atoms with E-state index in [2.05, 4.69) is 20.4 Å². The standard InChI is InChI=1S/C18H19N5O2S/c19-18(8-4-5-9-18)16-21-14(25-23-16)10-13-11-26-17(20-13)22-15(24)12-6-2-1-3-7-12/h1-3,6-7,11H,4-5,8-10,19H2,(H,20,22,24). The third-order valence-electron chi connectivity index (χ3n) is 4.55. The van der Waals surface area contributed by atoms with E-state index in [1.807, 2.05) is 23.6 Å². The fraction of sp³-hybridized carbons (Fsp3) is 0.333. The molecule has 1 aromatic carbocycles. The monoisotopic (exact) mass is 369 g/mol. The number of thiazole rings is 1. The molecule has 0 saturated heterocycles. The van der Waals surface area contributed by atoms with Gasteiger partial charge < -0.3 is 10.3 Å². The molecule has 0 spiro atoms. The smallest absolute Gasteiger partial charge is 0.257 e. The largest absolute Gasteiger partial charge is 0.339 e.